The molecule has 0 atom stereocenters. The summed E-state index contributed by atoms with van der Waals surface area (Å²) in [4.78, 5) is 0. The third-order valence-electron chi connectivity index (χ3n) is 5.41. The summed E-state index contributed by atoms with van der Waals surface area (Å²) in [6.45, 7) is 16.5. The summed E-state index contributed by atoms with van der Waals surface area (Å²) in [5.74, 6) is 2.11. The van der Waals surface area contributed by atoms with Gasteiger partial charge in [-0.05, 0) is 11.8 Å². The van der Waals surface area contributed by atoms with Crippen molar-refractivity contribution in [2.45, 2.75) is 124 Å². The van der Waals surface area contributed by atoms with Gasteiger partial charge < -0.3 is 19.8 Å². The molecule has 0 aliphatic heterocycles. The number of nitrogens with zero attached hydrogens (tertiary/aromatic N) is 1. The molecule has 2 aliphatic rings. The van der Waals surface area contributed by atoms with E-state index in [1.165, 1.54) is 64.2 Å². The smallest absolute Gasteiger partial charge is 0.0465 e. The largest absolute Gasteiger partial charge is 0.344 e. The van der Waals surface area contributed by atoms with Gasteiger partial charge in [-0.15, -0.1) is 0 Å². The molecule has 2 aliphatic carbocycles. The Morgan fingerprint density at radius 1 is 0.846 bits per heavy atom. The Kier molecular flexibility index (Phi) is 22.4. The third kappa shape index (κ3) is 19.3. The maximum Gasteiger partial charge on any atom is -0.0465 e. The molecule has 0 aromatic rings. The van der Waals surface area contributed by atoms with Crippen molar-refractivity contribution in [2.75, 3.05) is 0 Å². The average molecular weight is 444 g/mol. The molecule has 0 aromatic carbocycles. The molecule has 2 rings (SSSR count). The minimum Gasteiger partial charge on any atom is -0.344 e. The first-order chi connectivity index (χ1) is 12.4. The molecule has 0 heterocycles. The van der Waals surface area contributed by atoms with Gasteiger partial charge >= 0.3 is 57.0 Å². The van der Waals surface area contributed by atoms with Crippen LogP contribution in [-0.4, -0.2) is 5.54 Å². The molecular formula is C24H48NNb-3. The monoisotopic (exact) mass is 443 g/mol. The molecule has 0 bridgehead atoms. The molecule has 2 fully saturated rings. The summed E-state index contributed by atoms with van der Waals surface area (Å²) < 4.78 is 4.19. The summed E-state index contributed by atoms with van der Waals surface area (Å²) >= 11 is 1.55. The summed E-state index contributed by atoms with van der Waals surface area (Å²) in [7, 11) is 0. The van der Waals surface area contributed by atoms with E-state index in [2.05, 4.69) is 57.7 Å². The molecule has 0 saturated heterocycles. The minimum absolute atomic E-state index is 0.231. The fourth-order valence-electron chi connectivity index (χ4n) is 2.88. The predicted molar refractivity (Wildman–Crippen MR) is 116 cm³/mol. The molecule has 0 spiro atoms. The van der Waals surface area contributed by atoms with E-state index < -0.39 is 0 Å². The fraction of sp³-hybridized carbons (Fsp3) is 0.875. The van der Waals surface area contributed by atoms with Crippen LogP contribution in [0, 0.1) is 31.6 Å². The minimum atomic E-state index is 0.231. The summed E-state index contributed by atoms with van der Waals surface area (Å²) in [6.07, 6.45) is 21.1. The van der Waals surface area contributed by atoms with E-state index in [0.29, 0.717) is 0 Å². The van der Waals surface area contributed by atoms with Gasteiger partial charge in [0.1, 0.15) is 0 Å². The average Bonchev–Trinajstić information content (AvgIpc) is 2.71. The Morgan fingerprint density at radius 3 is 1.27 bits per heavy atom. The van der Waals surface area contributed by atoms with Crippen molar-refractivity contribution in [3.63, 3.8) is 0 Å². The molecule has 157 valence electrons. The van der Waals surface area contributed by atoms with E-state index in [0.717, 1.165) is 24.7 Å². The normalized spacial score (nSPS) is 18.2. The van der Waals surface area contributed by atoms with Crippen LogP contribution in [0.5, 0.6) is 0 Å². The number of hydrogen-bond donors (Lipinski definition) is 0. The third-order valence-corrected chi connectivity index (χ3v) is 6.74. The van der Waals surface area contributed by atoms with E-state index in [1.54, 1.807) is 20.9 Å². The Morgan fingerprint density at radius 2 is 1.15 bits per heavy atom. The summed E-state index contributed by atoms with van der Waals surface area (Å²) in [5.41, 5.74) is 0.231. The van der Waals surface area contributed by atoms with Gasteiger partial charge in [-0.25, -0.2) is 0 Å². The van der Waals surface area contributed by atoms with Crippen LogP contribution in [0.15, 0.2) is 3.34 Å². The van der Waals surface area contributed by atoms with Gasteiger partial charge in [-0.1, -0.05) is 59.3 Å². The van der Waals surface area contributed by atoms with E-state index >= 15 is 0 Å². The van der Waals surface area contributed by atoms with Gasteiger partial charge in [-0.2, -0.15) is 32.1 Å². The van der Waals surface area contributed by atoms with Crippen LogP contribution >= 0.6 is 0 Å². The zero-order chi connectivity index (χ0) is 20.3. The first kappa shape index (κ1) is 28.7. The Bertz CT molecular complexity index is 258. The van der Waals surface area contributed by atoms with Crippen molar-refractivity contribution in [1.82, 2.24) is 0 Å². The first-order valence-electron chi connectivity index (χ1n) is 11.2. The molecule has 2 saturated carbocycles. The van der Waals surface area contributed by atoms with Crippen LogP contribution in [0.1, 0.15) is 119 Å². The Hall–Kier alpha value is 0.540. The quantitative estimate of drug-likeness (QED) is 0.304. The molecule has 0 radical (unpaired) electrons. The van der Waals surface area contributed by atoms with Gasteiger partial charge in [0, 0.05) is 0 Å². The maximum absolute atomic E-state index is 4.19. The van der Waals surface area contributed by atoms with Crippen molar-refractivity contribution < 1.29 is 20.9 Å². The molecule has 2 heteroatoms. The van der Waals surface area contributed by atoms with Crippen molar-refractivity contribution in [1.29, 1.82) is 0 Å². The van der Waals surface area contributed by atoms with Crippen molar-refractivity contribution in [3.8, 4) is 0 Å². The molecule has 0 amide bonds. The maximum atomic E-state index is 4.19. The van der Waals surface area contributed by atoms with Gasteiger partial charge in [0.15, 0.2) is 0 Å². The second-order valence-electron chi connectivity index (χ2n) is 8.20. The van der Waals surface area contributed by atoms with Crippen molar-refractivity contribution in [3.05, 3.63) is 19.8 Å². The predicted octanol–water partition coefficient (Wildman–Crippen LogP) is 8.72. The molecular weight excluding hydrogens is 395 g/mol. The fourth-order valence-corrected chi connectivity index (χ4v) is 3.23. The van der Waals surface area contributed by atoms with Gasteiger partial charge in [-0.3, -0.25) is 0 Å². The van der Waals surface area contributed by atoms with E-state index in [4.69, 9.17) is 0 Å². The molecule has 0 unspecified atom stereocenters. The van der Waals surface area contributed by atoms with Gasteiger partial charge in [0.2, 0.25) is 0 Å². The second kappa shape index (κ2) is 20.3. The Labute approximate surface area is 179 Å². The van der Waals surface area contributed by atoms with Crippen LogP contribution in [0.2, 0.25) is 0 Å². The number of rotatable bonds is 4. The number of hydrogen-bond acceptors (Lipinski definition) is 1. The first-order valence-corrected chi connectivity index (χ1v) is 12.2. The molecule has 26 heavy (non-hydrogen) atoms. The van der Waals surface area contributed by atoms with Gasteiger partial charge in [0.25, 0.3) is 0 Å². The summed E-state index contributed by atoms with van der Waals surface area (Å²) in [6, 6.07) is 0. The zero-order valence-corrected chi connectivity index (χ0v) is 21.1. The summed E-state index contributed by atoms with van der Waals surface area (Å²) in [5, 5.41) is 0. The topological polar surface area (TPSA) is 12.4 Å². The van der Waals surface area contributed by atoms with Crippen LogP contribution < -0.4 is 0 Å². The van der Waals surface area contributed by atoms with Gasteiger partial charge in [0.05, 0.1) is 0 Å². The van der Waals surface area contributed by atoms with Crippen LogP contribution in [-0.2, 0) is 20.9 Å². The SMILES string of the molecule is CCC(C)(C)[N]=[Nb].CCC1CC[CH-]CC1.CCC1CC[CH-]CC1.[CH2-]CC. The van der Waals surface area contributed by atoms with E-state index in [9.17, 15) is 0 Å². The van der Waals surface area contributed by atoms with E-state index in [-0.39, 0.29) is 5.54 Å². The molecule has 1 nitrogen and oxygen atoms in total. The van der Waals surface area contributed by atoms with Crippen molar-refractivity contribution >= 4 is 0 Å². The standard InChI is InChI=1S/2C8H15.C5H11N.C3H7.Nb/c2*1-2-8-6-4-3-5-7-8;1-4-5(2,3)6;1-3-2;/h2*3,8H,2,4-7H2,1H3;4H2,1-3H3;1,3H2,2H3;/q2*-1;;-1;. The molecule has 0 aromatic heterocycles. The van der Waals surface area contributed by atoms with Crippen LogP contribution in [0.3, 0.4) is 0 Å². The second-order valence-corrected chi connectivity index (χ2v) is 8.69. The Balaban J connectivity index is 0. The zero-order valence-electron chi connectivity index (χ0n) is 18.9. The molecule has 0 N–H and O–H groups in total. The van der Waals surface area contributed by atoms with Crippen LogP contribution in [0.25, 0.3) is 0 Å². The van der Waals surface area contributed by atoms with Crippen LogP contribution in [0.4, 0.5) is 0 Å². The van der Waals surface area contributed by atoms with Crippen molar-refractivity contribution in [2.24, 2.45) is 15.2 Å². The van der Waals surface area contributed by atoms with E-state index in [1.807, 2.05) is 6.92 Å².